The number of thiophene rings is 1. The lowest BCUT2D eigenvalue weighted by Gasteiger charge is -2.16. The summed E-state index contributed by atoms with van der Waals surface area (Å²) in [4.78, 5) is 15.4. The molecular weight excluding hydrogens is 282 g/mol. The zero-order valence-corrected chi connectivity index (χ0v) is 12.9. The Kier molecular flexibility index (Phi) is 4.08. The number of rotatable bonds is 3. The maximum Gasteiger partial charge on any atom is 0.264 e. The van der Waals surface area contributed by atoms with E-state index in [1.54, 1.807) is 0 Å². The molecule has 0 bridgehead atoms. The second kappa shape index (κ2) is 6.00. The molecule has 1 fully saturated rings. The van der Waals surface area contributed by atoms with Gasteiger partial charge in [-0.2, -0.15) is 0 Å². The van der Waals surface area contributed by atoms with Crippen molar-refractivity contribution in [1.29, 1.82) is 0 Å². The van der Waals surface area contributed by atoms with Crippen LogP contribution in [-0.2, 0) is 0 Å². The van der Waals surface area contributed by atoms with Crippen LogP contribution in [0.1, 0.15) is 21.7 Å². The minimum atomic E-state index is 0.0940. The van der Waals surface area contributed by atoms with E-state index in [0.717, 1.165) is 29.0 Å². The van der Waals surface area contributed by atoms with Crippen molar-refractivity contribution in [2.45, 2.75) is 13.3 Å². The van der Waals surface area contributed by atoms with Crippen LogP contribution < -0.4 is 0 Å². The molecular formula is C17H19NO2S. The zero-order chi connectivity index (χ0) is 14.8. The number of carbonyl (C=O) groups is 1. The molecule has 0 saturated carbocycles. The molecule has 1 unspecified atom stereocenters. The van der Waals surface area contributed by atoms with Gasteiger partial charge in [0.15, 0.2) is 0 Å². The maximum atomic E-state index is 12.7. The Bertz CT molecular complexity index is 632. The summed E-state index contributed by atoms with van der Waals surface area (Å²) in [6, 6.07) is 10.3. The first-order valence-electron chi connectivity index (χ1n) is 7.23. The minimum absolute atomic E-state index is 0.0940. The number of aryl methyl sites for hydroxylation is 1. The van der Waals surface area contributed by atoms with Crippen LogP contribution in [0.4, 0.5) is 0 Å². The van der Waals surface area contributed by atoms with E-state index in [9.17, 15) is 9.90 Å². The van der Waals surface area contributed by atoms with Crippen LogP contribution in [0.2, 0.25) is 0 Å². The lowest BCUT2D eigenvalue weighted by atomic mass is 10.0. The van der Waals surface area contributed by atoms with E-state index in [1.807, 2.05) is 16.3 Å². The van der Waals surface area contributed by atoms with Gasteiger partial charge in [-0.15, -0.1) is 11.3 Å². The number of carbonyl (C=O) groups excluding carboxylic acids is 1. The van der Waals surface area contributed by atoms with Gasteiger partial charge < -0.3 is 10.0 Å². The third-order valence-corrected chi connectivity index (χ3v) is 4.96. The average molecular weight is 301 g/mol. The molecule has 3 nitrogen and oxygen atoms in total. The molecule has 1 aromatic heterocycles. The molecule has 1 aliphatic rings. The molecule has 1 saturated heterocycles. The summed E-state index contributed by atoms with van der Waals surface area (Å²) in [5, 5.41) is 11.2. The minimum Gasteiger partial charge on any atom is -0.396 e. The molecule has 1 aliphatic heterocycles. The second-order valence-corrected chi connectivity index (χ2v) is 6.53. The van der Waals surface area contributed by atoms with Crippen molar-refractivity contribution >= 4 is 17.2 Å². The highest BCUT2D eigenvalue weighted by Gasteiger charge is 2.28. The van der Waals surface area contributed by atoms with Crippen LogP contribution in [0.15, 0.2) is 35.7 Å². The van der Waals surface area contributed by atoms with Gasteiger partial charge in [0.25, 0.3) is 5.91 Å². The van der Waals surface area contributed by atoms with Gasteiger partial charge in [0.2, 0.25) is 0 Å². The van der Waals surface area contributed by atoms with Crippen molar-refractivity contribution in [3.8, 4) is 11.1 Å². The van der Waals surface area contributed by atoms with E-state index in [0.29, 0.717) is 6.54 Å². The lowest BCUT2D eigenvalue weighted by Crippen LogP contribution is -2.28. The molecule has 0 spiro atoms. The number of amides is 1. The van der Waals surface area contributed by atoms with Crippen LogP contribution in [0, 0.1) is 12.8 Å². The third kappa shape index (κ3) is 2.87. The number of likely N-dealkylation sites (tertiary alicyclic amines) is 1. The van der Waals surface area contributed by atoms with Gasteiger partial charge >= 0.3 is 0 Å². The largest absolute Gasteiger partial charge is 0.396 e. The Hall–Kier alpha value is -1.65. The van der Waals surface area contributed by atoms with Crippen LogP contribution in [0.5, 0.6) is 0 Å². The van der Waals surface area contributed by atoms with Gasteiger partial charge in [-0.05, 0) is 30.4 Å². The third-order valence-electron chi connectivity index (χ3n) is 4.05. The van der Waals surface area contributed by atoms with Crippen molar-refractivity contribution < 1.29 is 9.90 Å². The Balaban J connectivity index is 1.85. The summed E-state index contributed by atoms with van der Waals surface area (Å²) in [5.41, 5.74) is 3.31. The molecule has 110 valence electrons. The molecule has 1 aromatic carbocycles. The first kappa shape index (κ1) is 14.3. The number of hydrogen-bond donors (Lipinski definition) is 1. The molecule has 2 heterocycles. The van der Waals surface area contributed by atoms with Crippen molar-refractivity contribution in [3.05, 3.63) is 46.2 Å². The highest BCUT2D eigenvalue weighted by Crippen LogP contribution is 2.31. The topological polar surface area (TPSA) is 40.5 Å². The monoisotopic (exact) mass is 301 g/mol. The molecule has 4 heteroatoms. The van der Waals surface area contributed by atoms with Crippen LogP contribution >= 0.6 is 11.3 Å². The molecule has 2 aromatic rings. The first-order valence-corrected chi connectivity index (χ1v) is 8.11. The molecule has 1 atom stereocenters. The maximum absolute atomic E-state index is 12.7. The van der Waals surface area contributed by atoms with E-state index in [2.05, 4.69) is 31.2 Å². The van der Waals surface area contributed by atoms with Crippen LogP contribution in [0.25, 0.3) is 11.1 Å². The predicted molar refractivity (Wildman–Crippen MR) is 85.6 cm³/mol. The van der Waals surface area contributed by atoms with Gasteiger partial charge in [0.05, 0.1) is 4.88 Å². The van der Waals surface area contributed by atoms with Gasteiger partial charge in [-0.25, -0.2) is 0 Å². The Morgan fingerprint density at radius 3 is 2.76 bits per heavy atom. The molecule has 3 rings (SSSR count). The number of aliphatic hydroxyl groups excluding tert-OH is 1. The van der Waals surface area contributed by atoms with Crippen molar-refractivity contribution in [1.82, 2.24) is 4.90 Å². The summed E-state index contributed by atoms with van der Waals surface area (Å²) < 4.78 is 0. The van der Waals surface area contributed by atoms with Crippen molar-refractivity contribution in [3.63, 3.8) is 0 Å². The van der Waals surface area contributed by atoms with E-state index >= 15 is 0 Å². The summed E-state index contributed by atoms with van der Waals surface area (Å²) in [6.45, 7) is 3.64. The van der Waals surface area contributed by atoms with E-state index in [-0.39, 0.29) is 18.4 Å². The highest BCUT2D eigenvalue weighted by atomic mass is 32.1. The fourth-order valence-electron chi connectivity index (χ4n) is 2.75. The summed E-state index contributed by atoms with van der Waals surface area (Å²) >= 11 is 1.50. The summed E-state index contributed by atoms with van der Waals surface area (Å²) in [5.74, 6) is 0.327. The van der Waals surface area contributed by atoms with Gasteiger partial charge in [-0.3, -0.25) is 4.79 Å². The zero-order valence-electron chi connectivity index (χ0n) is 12.1. The SMILES string of the molecule is Cc1ccc(-c2ccsc2C(=O)N2CCC(CO)C2)cc1. The fraction of sp³-hybridized carbons (Fsp3) is 0.353. The lowest BCUT2D eigenvalue weighted by molar-refractivity contribution is 0.0787. The van der Waals surface area contributed by atoms with E-state index in [4.69, 9.17) is 0 Å². The molecule has 0 radical (unpaired) electrons. The number of aliphatic hydroxyl groups is 1. The van der Waals surface area contributed by atoms with Gasteiger partial charge in [-0.1, -0.05) is 29.8 Å². The van der Waals surface area contributed by atoms with E-state index in [1.165, 1.54) is 16.9 Å². The average Bonchev–Trinajstić information content (AvgIpc) is 3.16. The Morgan fingerprint density at radius 1 is 1.33 bits per heavy atom. The highest BCUT2D eigenvalue weighted by molar-refractivity contribution is 7.12. The van der Waals surface area contributed by atoms with Gasteiger partial charge in [0, 0.05) is 31.2 Å². The second-order valence-electron chi connectivity index (χ2n) is 5.62. The van der Waals surface area contributed by atoms with Gasteiger partial charge in [0.1, 0.15) is 0 Å². The Labute approximate surface area is 128 Å². The normalized spacial score (nSPS) is 18.2. The smallest absolute Gasteiger partial charge is 0.264 e. The number of nitrogens with zero attached hydrogens (tertiary/aromatic N) is 1. The fourth-order valence-corrected chi connectivity index (χ4v) is 3.63. The first-order chi connectivity index (χ1) is 10.2. The summed E-state index contributed by atoms with van der Waals surface area (Å²) in [6.07, 6.45) is 0.896. The van der Waals surface area contributed by atoms with Crippen molar-refractivity contribution in [2.75, 3.05) is 19.7 Å². The number of benzene rings is 1. The van der Waals surface area contributed by atoms with Crippen molar-refractivity contribution in [2.24, 2.45) is 5.92 Å². The quantitative estimate of drug-likeness (QED) is 0.946. The standard InChI is InChI=1S/C17H19NO2S/c1-12-2-4-14(5-3-12)15-7-9-21-16(15)17(20)18-8-6-13(10-18)11-19/h2-5,7,9,13,19H,6,8,10-11H2,1H3. The molecule has 0 aliphatic carbocycles. The van der Waals surface area contributed by atoms with Crippen LogP contribution in [-0.4, -0.2) is 35.6 Å². The van der Waals surface area contributed by atoms with E-state index < -0.39 is 0 Å². The Morgan fingerprint density at radius 2 is 2.10 bits per heavy atom. The summed E-state index contributed by atoms with van der Waals surface area (Å²) in [7, 11) is 0. The molecule has 21 heavy (non-hydrogen) atoms. The molecule has 1 amide bonds. The number of hydrogen-bond acceptors (Lipinski definition) is 3. The van der Waals surface area contributed by atoms with Crippen LogP contribution in [0.3, 0.4) is 0 Å². The molecule has 1 N–H and O–H groups in total. The predicted octanol–water partition coefficient (Wildman–Crippen LogP) is 3.18.